The number of allylic oxidation sites excluding steroid dienone is 2. The summed E-state index contributed by atoms with van der Waals surface area (Å²) in [6.07, 6.45) is 1.29. The Labute approximate surface area is 107 Å². The number of hydrogen-bond donors (Lipinski definition) is 3. The van der Waals surface area contributed by atoms with Gasteiger partial charge in [-0.25, -0.2) is 4.79 Å². The average molecular weight is 255 g/mol. The monoisotopic (exact) mass is 255 g/mol. The van der Waals surface area contributed by atoms with E-state index in [4.69, 9.17) is 0 Å². The normalized spacial score (nSPS) is 32.0. The molecule has 0 bridgehead atoms. The lowest BCUT2D eigenvalue weighted by atomic mass is 9.62. The van der Waals surface area contributed by atoms with E-state index in [0.717, 1.165) is 17.7 Å². The van der Waals surface area contributed by atoms with Gasteiger partial charge in [-0.15, -0.1) is 0 Å². The summed E-state index contributed by atoms with van der Waals surface area (Å²) < 4.78 is 0. The zero-order valence-electron chi connectivity index (χ0n) is 11.3. The summed E-state index contributed by atoms with van der Waals surface area (Å²) in [6.45, 7) is 6.95. The van der Waals surface area contributed by atoms with Gasteiger partial charge in [-0.05, 0) is 33.1 Å². The number of rotatable bonds is 4. The van der Waals surface area contributed by atoms with Crippen molar-refractivity contribution in [2.45, 2.75) is 52.5 Å². The van der Waals surface area contributed by atoms with Crippen molar-refractivity contribution in [2.24, 2.45) is 5.41 Å². The number of carbonyl (C=O) groups is 2. The van der Waals surface area contributed by atoms with Crippen molar-refractivity contribution in [3.05, 3.63) is 11.3 Å². The molecule has 2 unspecified atom stereocenters. The van der Waals surface area contributed by atoms with Crippen LogP contribution in [0.5, 0.6) is 0 Å². The van der Waals surface area contributed by atoms with Crippen molar-refractivity contribution >= 4 is 11.9 Å². The third-order valence-electron chi connectivity index (χ3n) is 4.31. The zero-order valence-corrected chi connectivity index (χ0v) is 11.3. The molecule has 0 spiro atoms. The van der Waals surface area contributed by atoms with E-state index in [1.54, 1.807) is 13.8 Å². The number of carboxylic acid groups (broad SMARTS) is 2. The molecule has 0 aromatic heterocycles. The molecule has 0 fully saturated rings. The first-order valence-electron chi connectivity index (χ1n) is 6.18. The van der Waals surface area contributed by atoms with Gasteiger partial charge in [0.05, 0.1) is 0 Å². The third kappa shape index (κ3) is 1.78. The maximum atomic E-state index is 11.7. The van der Waals surface area contributed by atoms with Crippen LogP contribution in [0.2, 0.25) is 0 Å². The molecule has 1 aliphatic heterocycles. The van der Waals surface area contributed by atoms with Crippen LogP contribution in [0.25, 0.3) is 0 Å². The molecule has 1 heterocycles. The van der Waals surface area contributed by atoms with Gasteiger partial charge in [0, 0.05) is 5.70 Å². The van der Waals surface area contributed by atoms with E-state index in [0.29, 0.717) is 0 Å². The van der Waals surface area contributed by atoms with Crippen molar-refractivity contribution in [3.8, 4) is 0 Å². The molecule has 5 nitrogen and oxygen atoms in total. The summed E-state index contributed by atoms with van der Waals surface area (Å²) in [5.74, 6) is -2.18. The SMILES string of the molecule is CCC1=C(C)NC(C)(C(=O)O)C(CC)(C(=O)O)C1. The van der Waals surface area contributed by atoms with Crippen LogP contribution in [0.4, 0.5) is 0 Å². The lowest BCUT2D eigenvalue weighted by Crippen LogP contribution is -2.66. The molecule has 0 amide bonds. The lowest BCUT2D eigenvalue weighted by molar-refractivity contribution is -0.167. The Morgan fingerprint density at radius 1 is 1.28 bits per heavy atom. The number of aliphatic carboxylic acids is 2. The van der Waals surface area contributed by atoms with Crippen molar-refractivity contribution < 1.29 is 19.8 Å². The number of nitrogens with one attached hydrogen (secondary N) is 1. The van der Waals surface area contributed by atoms with Crippen LogP contribution in [0.3, 0.4) is 0 Å². The van der Waals surface area contributed by atoms with E-state index in [-0.39, 0.29) is 12.8 Å². The van der Waals surface area contributed by atoms with Gasteiger partial charge < -0.3 is 15.5 Å². The van der Waals surface area contributed by atoms with Crippen LogP contribution in [-0.4, -0.2) is 27.7 Å². The van der Waals surface area contributed by atoms with Crippen molar-refractivity contribution in [2.75, 3.05) is 0 Å². The Morgan fingerprint density at radius 3 is 2.17 bits per heavy atom. The van der Waals surface area contributed by atoms with Crippen LogP contribution < -0.4 is 5.32 Å². The van der Waals surface area contributed by atoms with Crippen molar-refractivity contribution in [3.63, 3.8) is 0 Å². The molecule has 18 heavy (non-hydrogen) atoms. The molecular formula is C13H21NO4. The van der Waals surface area contributed by atoms with E-state index in [1.807, 2.05) is 6.92 Å². The summed E-state index contributed by atoms with van der Waals surface area (Å²) in [5, 5.41) is 21.9. The van der Waals surface area contributed by atoms with Gasteiger partial charge in [0.25, 0.3) is 0 Å². The molecular weight excluding hydrogens is 234 g/mol. The Balaban J connectivity index is 3.45. The topological polar surface area (TPSA) is 86.6 Å². The maximum absolute atomic E-state index is 11.7. The molecule has 5 heteroatoms. The fourth-order valence-electron chi connectivity index (χ4n) is 2.82. The average Bonchev–Trinajstić information content (AvgIpc) is 2.29. The van der Waals surface area contributed by atoms with Crippen LogP contribution >= 0.6 is 0 Å². The van der Waals surface area contributed by atoms with Gasteiger partial charge in [0.15, 0.2) is 0 Å². The fourth-order valence-corrected chi connectivity index (χ4v) is 2.82. The van der Waals surface area contributed by atoms with Crippen molar-refractivity contribution in [1.29, 1.82) is 0 Å². The van der Waals surface area contributed by atoms with Crippen LogP contribution in [0, 0.1) is 5.41 Å². The summed E-state index contributed by atoms with van der Waals surface area (Å²) in [5.41, 5.74) is -1.01. The molecule has 102 valence electrons. The van der Waals surface area contributed by atoms with Gasteiger partial charge in [0.2, 0.25) is 0 Å². The smallest absolute Gasteiger partial charge is 0.330 e. The highest BCUT2D eigenvalue weighted by atomic mass is 16.4. The first-order valence-corrected chi connectivity index (χ1v) is 6.18. The highest BCUT2D eigenvalue weighted by Crippen LogP contribution is 2.46. The third-order valence-corrected chi connectivity index (χ3v) is 4.31. The Bertz CT molecular complexity index is 415. The van der Waals surface area contributed by atoms with E-state index in [9.17, 15) is 19.8 Å². The van der Waals surface area contributed by atoms with Gasteiger partial charge in [-0.1, -0.05) is 19.4 Å². The minimum absolute atomic E-state index is 0.273. The van der Waals surface area contributed by atoms with E-state index >= 15 is 0 Å². The zero-order chi connectivity index (χ0) is 14.1. The highest BCUT2D eigenvalue weighted by Gasteiger charge is 2.59. The molecule has 0 radical (unpaired) electrons. The first-order chi connectivity index (χ1) is 8.25. The lowest BCUT2D eigenvalue weighted by Gasteiger charge is -2.47. The number of hydrogen-bond acceptors (Lipinski definition) is 3. The molecule has 0 aromatic rings. The Morgan fingerprint density at radius 2 is 1.83 bits per heavy atom. The summed E-state index contributed by atoms with van der Waals surface area (Å²) in [6, 6.07) is 0. The minimum atomic E-state index is -1.48. The van der Waals surface area contributed by atoms with Crippen LogP contribution in [-0.2, 0) is 9.59 Å². The van der Waals surface area contributed by atoms with Gasteiger partial charge in [-0.2, -0.15) is 0 Å². The second-order valence-corrected chi connectivity index (χ2v) is 5.05. The Kier molecular flexibility index (Phi) is 3.74. The van der Waals surface area contributed by atoms with Crippen LogP contribution in [0.15, 0.2) is 11.3 Å². The maximum Gasteiger partial charge on any atom is 0.330 e. The van der Waals surface area contributed by atoms with Gasteiger partial charge in [-0.3, -0.25) is 4.79 Å². The second-order valence-electron chi connectivity index (χ2n) is 5.05. The molecule has 0 aromatic carbocycles. The standard InChI is InChI=1S/C13H21NO4/c1-5-9-7-13(6-2,11(17)18)12(4,10(15)16)14-8(9)3/h14H,5-7H2,1-4H3,(H,15,16)(H,17,18). The molecule has 0 saturated heterocycles. The molecule has 1 aliphatic rings. The first kappa shape index (κ1) is 14.5. The highest BCUT2D eigenvalue weighted by molar-refractivity contribution is 5.90. The predicted molar refractivity (Wildman–Crippen MR) is 67.1 cm³/mol. The van der Waals surface area contributed by atoms with Crippen molar-refractivity contribution in [1.82, 2.24) is 5.32 Å². The largest absolute Gasteiger partial charge is 0.481 e. The van der Waals surface area contributed by atoms with E-state index < -0.39 is 22.9 Å². The van der Waals surface area contributed by atoms with E-state index in [1.165, 1.54) is 6.92 Å². The summed E-state index contributed by atoms with van der Waals surface area (Å²) in [4.78, 5) is 23.2. The van der Waals surface area contributed by atoms with Gasteiger partial charge in [0.1, 0.15) is 11.0 Å². The molecule has 2 atom stereocenters. The van der Waals surface area contributed by atoms with Gasteiger partial charge >= 0.3 is 11.9 Å². The summed E-state index contributed by atoms with van der Waals surface area (Å²) >= 11 is 0. The van der Waals surface area contributed by atoms with E-state index in [2.05, 4.69) is 5.32 Å². The quantitative estimate of drug-likeness (QED) is 0.715. The predicted octanol–water partition coefficient (Wildman–Crippen LogP) is 1.99. The molecule has 1 rings (SSSR count). The number of carboxylic acids is 2. The Hall–Kier alpha value is -1.52. The summed E-state index contributed by atoms with van der Waals surface area (Å²) in [7, 11) is 0. The minimum Gasteiger partial charge on any atom is -0.481 e. The molecule has 0 saturated carbocycles. The second kappa shape index (κ2) is 4.63. The van der Waals surface area contributed by atoms with Crippen LogP contribution in [0.1, 0.15) is 47.0 Å². The molecule has 0 aliphatic carbocycles. The molecule has 3 N–H and O–H groups in total. The fraction of sp³-hybridized carbons (Fsp3) is 0.692.